The van der Waals surface area contributed by atoms with Crippen molar-refractivity contribution in [2.24, 2.45) is 0 Å². The van der Waals surface area contributed by atoms with Gasteiger partial charge in [-0.1, -0.05) is 15.9 Å². The highest BCUT2D eigenvalue weighted by molar-refractivity contribution is 9.10. The molecule has 1 fully saturated rings. The Hall–Kier alpha value is -0.980. The molecule has 1 heterocycles. The Morgan fingerprint density at radius 3 is 3.10 bits per heavy atom. The third kappa shape index (κ3) is 3.77. The Bertz CT molecular complexity index is 601. The summed E-state index contributed by atoms with van der Waals surface area (Å²) in [6.45, 7) is 1.09. The number of rotatable bonds is 6. The molecule has 6 heteroatoms. The molecule has 0 amide bonds. The Morgan fingerprint density at radius 1 is 1.45 bits per heavy atom. The van der Waals surface area contributed by atoms with Crippen LogP contribution >= 0.6 is 27.3 Å². The van der Waals surface area contributed by atoms with Crippen LogP contribution in [0, 0.1) is 5.82 Å². The number of ether oxygens (including phenoxy) is 1. The molecule has 1 aliphatic rings. The third-order valence-corrected chi connectivity index (χ3v) is 4.38. The second-order valence-electron chi connectivity index (χ2n) is 4.75. The molecule has 0 atom stereocenters. The first-order valence-corrected chi connectivity index (χ1v) is 8.12. The molecule has 3 nitrogen and oxygen atoms in total. The average molecular weight is 357 g/mol. The molecular weight excluding hydrogens is 343 g/mol. The minimum absolute atomic E-state index is 0.241. The van der Waals surface area contributed by atoms with Crippen molar-refractivity contribution in [3.8, 4) is 5.75 Å². The van der Waals surface area contributed by atoms with E-state index in [0.717, 1.165) is 21.7 Å². The zero-order valence-electron chi connectivity index (χ0n) is 10.7. The van der Waals surface area contributed by atoms with Crippen molar-refractivity contribution in [3.05, 3.63) is 44.6 Å². The van der Waals surface area contributed by atoms with E-state index in [9.17, 15) is 4.39 Å². The van der Waals surface area contributed by atoms with Crippen LogP contribution in [-0.4, -0.2) is 11.0 Å². The van der Waals surface area contributed by atoms with Crippen LogP contribution in [0.1, 0.15) is 23.5 Å². The fraction of sp³-hybridized carbons (Fsp3) is 0.357. The van der Waals surface area contributed by atoms with Crippen LogP contribution in [0.25, 0.3) is 0 Å². The first-order valence-electron chi connectivity index (χ1n) is 6.45. The van der Waals surface area contributed by atoms with E-state index < -0.39 is 0 Å². The molecule has 0 saturated heterocycles. The van der Waals surface area contributed by atoms with Gasteiger partial charge in [0.05, 0.1) is 5.69 Å². The van der Waals surface area contributed by atoms with E-state index in [4.69, 9.17) is 4.74 Å². The standard InChI is InChI=1S/C14H14BrFN2OS/c15-9-1-4-12(16)13(5-9)19-7-11-8-20-14(18-11)6-17-10-2-3-10/h1,4-5,8,10,17H,2-3,6-7H2. The Morgan fingerprint density at radius 2 is 2.30 bits per heavy atom. The summed E-state index contributed by atoms with van der Waals surface area (Å²) in [5.41, 5.74) is 0.835. The number of benzene rings is 1. The van der Waals surface area contributed by atoms with Gasteiger partial charge in [0.25, 0.3) is 0 Å². The van der Waals surface area contributed by atoms with Crippen molar-refractivity contribution in [1.82, 2.24) is 10.3 Å². The van der Waals surface area contributed by atoms with E-state index in [0.29, 0.717) is 6.04 Å². The summed E-state index contributed by atoms with van der Waals surface area (Å²) in [6.07, 6.45) is 2.53. The molecule has 3 rings (SSSR count). The van der Waals surface area contributed by atoms with Crippen molar-refractivity contribution >= 4 is 27.3 Å². The largest absolute Gasteiger partial charge is 0.484 e. The summed E-state index contributed by atoms with van der Waals surface area (Å²) < 4.78 is 19.8. The van der Waals surface area contributed by atoms with Gasteiger partial charge in [-0.3, -0.25) is 0 Å². The third-order valence-electron chi connectivity index (χ3n) is 2.99. The highest BCUT2D eigenvalue weighted by Gasteiger charge is 2.20. The molecule has 0 aliphatic heterocycles. The van der Waals surface area contributed by atoms with Gasteiger partial charge >= 0.3 is 0 Å². The fourth-order valence-corrected chi connectivity index (χ4v) is 2.82. The molecule has 0 unspecified atom stereocenters. The lowest BCUT2D eigenvalue weighted by Gasteiger charge is -2.05. The second-order valence-corrected chi connectivity index (χ2v) is 6.61. The van der Waals surface area contributed by atoms with E-state index >= 15 is 0 Å². The van der Waals surface area contributed by atoms with Crippen LogP contribution in [0.2, 0.25) is 0 Å². The van der Waals surface area contributed by atoms with Crippen molar-refractivity contribution in [3.63, 3.8) is 0 Å². The van der Waals surface area contributed by atoms with E-state index in [1.165, 1.54) is 18.9 Å². The van der Waals surface area contributed by atoms with Gasteiger partial charge in [-0.05, 0) is 31.0 Å². The van der Waals surface area contributed by atoms with Crippen molar-refractivity contribution in [2.75, 3.05) is 0 Å². The van der Waals surface area contributed by atoms with Crippen LogP contribution in [-0.2, 0) is 13.2 Å². The zero-order valence-corrected chi connectivity index (χ0v) is 13.1. The first kappa shape index (κ1) is 14.0. The first-order chi connectivity index (χ1) is 9.70. The second kappa shape index (κ2) is 6.20. The maximum absolute atomic E-state index is 13.5. The molecule has 1 N–H and O–H groups in total. The highest BCUT2D eigenvalue weighted by atomic mass is 79.9. The predicted octanol–water partition coefficient (Wildman–Crippen LogP) is 3.88. The van der Waals surface area contributed by atoms with Gasteiger partial charge in [0, 0.05) is 22.4 Å². The lowest BCUT2D eigenvalue weighted by molar-refractivity contribution is 0.286. The van der Waals surface area contributed by atoms with Gasteiger partial charge in [-0.15, -0.1) is 11.3 Å². The van der Waals surface area contributed by atoms with Gasteiger partial charge < -0.3 is 10.1 Å². The summed E-state index contributed by atoms with van der Waals surface area (Å²) in [7, 11) is 0. The van der Waals surface area contributed by atoms with Gasteiger partial charge in [0.15, 0.2) is 11.6 Å². The smallest absolute Gasteiger partial charge is 0.165 e. The number of aromatic nitrogens is 1. The van der Waals surface area contributed by atoms with Crippen LogP contribution in [0.4, 0.5) is 4.39 Å². The Labute approximate surface area is 129 Å². The minimum Gasteiger partial charge on any atom is -0.484 e. The summed E-state index contributed by atoms with van der Waals surface area (Å²) in [5.74, 6) is -0.121. The molecule has 1 saturated carbocycles. The SMILES string of the molecule is Fc1ccc(Br)cc1OCc1csc(CNC2CC2)n1. The predicted molar refractivity (Wildman–Crippen MR) is 80.4 cm³/mol. The maximum Gasteiger partial charge on any atom is 0.165 e. The fourth-order valence-electron chi connectivity index (χ4n) is 1.76. The molecular formula is C14H14BrFN2OS. The molecule has 106 valence electrons. The number of nitrogens with zero attached hydrogens (tertiary/aromatic N) is 1. The van der Waals surface area contributed by atoms with E-state index in [1.807, 2.05) is 5.38 Å². The summed E-state index contributed by atoms with van der Waals surface area (Å²) in [6, 6.07) is 5.32. The maximum atomic E-state index is 13.5. The Balaban J connectivity index is 1.55. The lowest BCUT2D eigenvalue weighted by Crippen LogP contribution is -2.15. The summed E-state index contributed by atoms with van der Waals surface area (Å²) >= 11 is 4.90. The number of thiazole rings is 1. The topological polar surface area (TPSA) is 34.1 Å². The number of halogens is 2. The molecule has 0 radical (unpaired) electrons. The summed E-state index contributed by atoms with van der Waals surface area (Å²) in [4.78, 5) is 4.47. The van der Waals surface area contributed by atoms with Gasteiger partial charge in [0.1, 0.15) is 11.6 Å². The van der Waals surface area contributed by atoms with Crippen LogP contribution < -0.4 is 10.1 Å². The molecule has 1 aliphatic carbocycles. The number of hydrogen-bond donors (Lipinski definition) is 1. The van der Waals surface area contributed by atoms with Crippen molar-refractivity contribution < 1.29 is 9.13 Å². The highest BCUT2D eigenvalue weighted by Crippen LogP contribution is 2.24. The molecule has 1 aromatic heterocycles. The molecule has 1 aromatic carbocycles. The quantitative estimate of drug-likeness (QED) is 0.852. The lowest BCUT2D eigenvalue weighted by atomic mass is 10.3. The Kier molecular flexibility index (Phi) is 4.33. The number of nitrogens with one attached hydrogen (secondary N) is 1. The van der Waals surface area contributed by atoms with Gasteiger partial charge in [-0.25, -0.2) is 9.37 Å². The summed E-state index contributed by atoms with van der Waals surface area (Å²) in [5, 5.41) is 6.42. The van der Waals surface area contributed by atoms with Crippen LogP contribution in [0.5, 0.6) is 5.75 Å². The average Bonchev–Trinajstić information content (AvgIpc) is 3.16. The number of hydrogen-bond acceptors (Lipinski definition) is 4. The molecule has 0 spiro atoms. The van der Waals surface area contributed by atoms with Crippen molar-refractivity contribution in [1.29, 1.82) is 0 Å². The van der Waals surface area contributed by atoms with E-state index in [1.54, 1.807) is 23.5 Å². The van der Waals surface area contributed by atoms with Crippen LogP contribution in [0.15, 0.2) is 28.1 Å². The van der Waals surface area contributed by atoms with Crippen molar-refractivity contribution in [2.45, 2.75) is 32.0 Å². The normalized spacial score (nSPS) is 14.5. The molecule has 2 aromatic rings. The van der Waals surface area contributed by atoms with Crippen LogP contribution in [0.3, 0.4) is 0 Å². The molecule has 0 bridgehead atoms. The van der Waals surface area contributed by atoms with Gasteiger partial charge in [-0.2, -0.15) is 0 Å². The van der Waals surface area contributed by atoms with Gasteiger partial charge in [0.2, 0.25) is 0 Å². The monoisotopic (exact) mass is 356 g/mol. The minimum atomic E-state index is -0.362. The van der Waals surface area contributed by atoms with E-state index in [2.05, 4.69) is 26.2 Å². The van der Waals surface area contributed by atoms with E-state index in [-0.39, 0.29) is 18.2 Å². The zero-order chi connectivity index (χ0) is 13.9. The molecule has 20 heavy (non-hydrogen) atoms.